The van der Waals surface area contributed by atoms with Gasteiger partial charge >= 0.3 is 0 Å². The number of hydrogen-bond acceptors (Lipinski definition) is 5. The van der Waals surface area contributed by atoms with E-state index in [1.807, 2.05) is 87.5 Å². The van der Waals surface area contributed by atoms with Gasteiger partial charge in [-0.1, -0.05) is 34.1 Å². The van der Waals surface area contributed by atoms with Crippen LogP contribution in [0.5, 0.6) is 5.75 Å². The number of ether oxygens (including phenoxy) is 1. The van der Waals surface area contributed by atoms with E-state index in [4.69, 9.17) is 4.74 Å². The molecule has 0 saturated heterocycles. The van der Waals surface area contributed by atoms with Gasteiger partial charge in [-0.15, -0.1) is 0 Å². The molecule has 0 spiro atoms. The first-order chi connectivity index (χ1) is 19.2. The van der Waals surface area contributed by atoms with Crippen LogP contribution in [0.15, 0.2) is 87.2 Å². The highest BCUT2D eigenvalue weighted by molar-refractivity contribution is 9.10. The molecule has 5 rings (SSSR count). The Bertz CT molecular complexity index is 1820. The molecule has 0 aliphatic heterocycles. The average Bonchev–Trinajstić information content (AvgIpc) is 3.22. The number of nitrogens with zero attached hydrogens (tertiary/aromatic N) is 4. The molecule has 0 unspecified atom stereocenters. The third-order valence-corrected chi connectivity index (χ3v) is 7.13. The molecule has 9 heteroatoms. The van der Waals surface area contributed by atoms with E-state index in [1.54, 1.807) is 19.2 Å². The lowest BCUT2D eigenvalue weighted by Crippen LogP contribution is -2.20. The first kappa shape index (κ1) is 27.1. The Morgan fingerprint density at radius 2 is 1.77 bits per heavy atom. The van der Waals surface area contributed by atoms with E-state index in [0.717, 1.165) is 38.4 Å². The van der Waals surface area contributed by atoms with Gasteiger partial charge in [-0.25, -0.2) is 4.98 Å². The number of fused-ring (bicyclic) bond motifs is 1. The summed E-state index contributed by atoms with van der Waals surface area (Å²) >= 11 is 3.42. The lowest BCUT2D eigenvalue weighted by Gasteiger charge is -2.12. The quantitative estimate of drug-likeness (QED) is 0.230. The molecular weight excluding hydrogens is 570 g/mol. The van der Waals surface area contributed by atoms with Crippen LogP contribution in [0.25, 0.3) is 16.6 Å². The SMILES string of the molecule is Cc1ccccc1NC(=O)COc1ccc(-n2c(C)cc(C=Nn3c(C)nc4ccc(Br)cc4c3=O)c2C)cc1. The van der Waals surface area contributed by atoms with E-state index in [9.17, 15) is 9.59 Å². The predicted octanol–water partition coefficient (Wildman–Crippen LogP) is 6.08. The largest absolute Gasteiger partial charge is 0.484 e. The highest BCUT2D eigenvalue weighted by Crippen LogP contribution is 2.23. The van der Waals surface area contributed by atoms with Crippen LogP contribution in [0.3, 0.4) is 0 Å². The average molecular weight is 599 g/mol. The van der Waals surface area contributed by atoms with Crippen LogP contribution in [0.2, 0.25) is 0 Å². The molecule has 1 amide bonds. The van der Waals surface area contributed by atoms with Crippen LogP contribution < -0.4 is 15.6 Å². The Morgan fingerprint density at radius 3 is 2.52 bits per heavy atom. The predicted molar refractivity (Wildman–Crippen MR) is 162 cm³/mol. The number of nitrogens with one attached hydrogen (secondary N) is 1. The summed E-state index contributed by atoms with van der Waals surface area (Å²) in [5.41, 5.74) is 5.97. The zero-order valence-electron chi connectivity index (χ0n) is 22.6. The van der Waals surface area contributed by atoms with E-state index in [0.29, 0.717) is 22.5 Å². The van der Waals surface area contributed by atoms with Gasteiger partial charge in [0.1, 0.15) is 11.6 Å². The molecule has 0 fully saturated rings. The Morgan fingerprint density at radius 1 is 1.02 bits per heavy atom. The number of amides is 1. The summed E-state index contributed by atoms with van der Waals surface area (Å²) in [6, 6.07) is 22.6. The second-order valence-electron chi connectivity index (χ2n) is 9.49. The minimum absolute atomic E-state index is 0.0881. The van der Waals surface area contributed by atoms with Gasteiger partial charge in [0, 0.05) is 32.8 Å². The smallest absolute Gasteiger partial charge is 0.282 e. The van der Waals surface area contributed by atoms with E-state index < -0.39 is 0 Å². The molecular formula is C31H28BrN5O3. The molecule has 2 heterocycles. The van der Waals surface area contributed by atoms with Gasteiger partial charge < -0.3 is 14.6 Å². The number of carbonyl (C=O) groups excluding carboxylic acids is 1. The van der Waals surface area contributed by atoms with Crippen LogP contribution in [-0.4, -0.2) is 33.0 Å². The number of halogens is 1. The molecule has 0 aliphatic carbocycles. The number of carbonyl (C=O) groups is 1. The van der Waals surface area contributed by atoms with Crippen LogP contribution in [0, 0.1) is 27.7 Å². The maximum absolute atomic E-state index is 13.1. The first-order valence-corrected chi connectivity index (χ1v) is 13.5. The third-order valence-electron chi connectivity index (χ3n) is 6.64. The second-order valence-corrected chi connectivity index (χ2v) is 10.4. The van der Waals surface area contributed by atoms with Crippen molar-refractivity contribution in [3.05, 3.63) is 116 Å². The topological polar surface area (TPSA) is 90.5 Å². The van der Waals surface area contributed by atoms with Crippen LogP contribution >= 0.6 is 15.9 Å². The number of benzene rings is 3. The molecule has 0 aliphatic rings. The number of rotatable bonds is 7. The number of hydrogen-bond donors (Lipinski definition) is 1. The van der Waals surface area contributed by atoms with Crippen LogP contribution in [0.4, 0.5) is 5.69 Å². The van der Waals surface area contributed by atoms with Gasteiger partial charge in [-0.2, -0.15) is 9.78 Å². The summed E-state index contributed by atoms with van der Waals surface area (Å²) in [4.78, 5) is 29.9. The Labute approximate surface area is 240 Å². The molecule has 202 valence electrons. The minimum Gasteiger partial charge on any atom is -0.484 e. The molecule has 8 nitrogen and oxygen atoms in total. The molecule has 0 atom stereocenters. The van der Waals surface area contributed by atoms with Crippen LogP contribution in [-0.2, 0) is 4.79 Å². The van der Waals surface area contributed by atoms with Crippen molar-refractivity contribution in [2.24, 2.45) is 5.10 Å². The summed E-state index contributed by atoms with van der Waals surface area (Å²) < 4.78 is 9.93. The zero-order chi connectivity index (χ0) is 28.4. The number of aryl methyl sites for hydroxylation is 3. The molecule has 40 heavy (non-hydrogen) atoms. The van der Waals surface area contributed by atoms with E-state index in [-0.39, 0.29) is 18.1 Å². The summed E-state index contributed by atoms with van der Waals surface area (Å²) in [5.74, 6) is 0.884. The van der Waals surface area contributed by atoms with Crippen molar-refractivity contribution in [3.8, 4) is 11.4 Å². The molecule has 3 aromatic carbocycles. The molecule has 0 radical (unpaired) electrons. The molecule has 0 bridgehead atoms. The highest BCUT2D eigenvalue weighted by Gasteiger charge is 2.12. The molecule has 5 aromatic rings. The summed E-state index contributed by atoms with van der Waals surface area (Å²) in [7, 11) is 0. The Hall–Kier alpha value is -4.50. The van der Waals surface area contributed by atoms with E-state index in [1.165, 1.54) is 4.68 Å². The maximum Gasteiger partial charge on any atom is 0.282 e. The molecule has 2 aromatic heterocycles. The number of para-hydroxylation sites is 1. The normalized spacial score (nSPS) is 11.3. The van der Waals surface area contributed by atoms with Gasteiger partial charge in [-0.05, 0) is 87.9 Å². The van der Waals surface area contributed by atoms with Crippen molar-refractivity contribution in [1.29, 1.82) is 0 Å². The van der Waals surface area contributed by atoms with Gasteiger partial charge in [0.05, 0.1) is 17.1 Å². The van der Waals surface area contributed by atoms with Gasteiger partial charge in [-0.3, -0.25) is 9.59 Å². The maximum atomic E-state index is 13.1. The third kappa shape index (κ3) is 5.60. The van der Waals surface area contributed by atoms with Crippen molar-refractivity contribution in [2.45, 2.75) is 27.7 Å². The number of aromatic nitrogens is 3. The summed E-state index contributed by atoms with van der Waals surface area (Å²) in [6.07, 6.45) is 1.68. The Kier molecular flexibility index (Phi) is 7.66. The molecule has 0 saturated carbocycles. The van der Waals surface area contributed by atoms with Crippen molar-refractivity contribution >= 4 is 44.6 Å². The van der Waals surface area contributed by atoms with Gasteiger partial charge in [0.2, 0.25) is 0 Å². The van der Waals surface area contributed by atoms with Crippen molar-refractivity contribution in [2.75, 3.05) is 11.9 Å². The lowest BCUT2D eigenvalue weighted by atomic mass is 10.2. The zero-order valence-corrected chi connectivity index (χ0v) is 24.2. The lowest BCUT2D eigenvalue weighted by molar-refractivity contribution is -0.118. The van der Waals surface area contributed by atoms with E-state index >= 15 is 0 Å². The van der Waals surface area contributed by atoms with Crippen molar-refractivity contribution < 1.29 is 9.53 Å². The number of anilines is 1. The molecule has 1 N–H and O–H groups in total. The van der Waals surface area contributed by atoms with Crippen molar-refractivity contribution in [3.63, 3.8) is 0 Å². The van der Waals surface area contributed by atoms with Crippen molar-refractivity contribution in [1.82, 2.24) is 14.2 Å². The summed E-state index contributed by atoms with van der Waals surface area (Å²) in [6.45, 7) is 7.63. The first-order valence-electron chi connectivity index (χ1n) is 12.7. The fourth-order valence-electron chi connectivity index (χ4n) is 4.57. The van der Waals surface area contributed by atoms with E-state index in [2.05, 4.69) is 35.9 Å². The fraction of sp³-hybridized carbons (Fsp3) is 0.161. The second kappa shape index (κ2) is 11.3. The standard InChI is InChI=1S/C31H28BrN5O3/c1-19-7-5-6-8-28(19)35-30(38)18-40-26-12-10-25(11-13-26)36-20(2)15-23(21(36)3)17-33-37-22(4)34-29-14-9-24(32)16-27(29)31(37)39/h5-17H,18H2,1-4H3,(H,35,38). The van der Waals surface area contributed by atoms with Gasteiger partial charge in [0.25, 0.3) is 11.5 Å². The highest BCUT2D eigenvalue weighted by atomic mass is 79.9. The van der Waals surface area contributed by atoms with Crippen LogP contribution in [0.1, 0.15) is 28.3 Å². The monoisotopic (exact) mass is 597 g/mol. The Balaban J connectivity index is 1.32. The van der Waals surface area contributed by atoms with Gasteiger partial charge in [0.15, 0.2) is 6.61 Å². The summed E-state index contributed by atoms with van der Waals surface area (Å²) in [5, 5.41) is 7.85. The fourth-order valence-corrected chi connectivity index (χ4v) is 4.93. The minimum atomic E-state index is -0.225.